The lowest BCUT2D eigenvalue weighted by molar-refractivity contribution is 0.0901. The third-order valence-corrected chi connectivity index (χ3v) is 3.74. The average molecular weight is 306 g/mol. The largest absolute Gasteiger partial charge is 0.477 e. The van der Waals surface area contributed by atoms with Crippen molar-refractivity contribution in [2.45, 2.75) is 46.1 Å². The molecule has 1 heterocycles. The monoisotopic (exact) mass is 306 g/mol. The zero-order chi connectivity index (χ0) is 16.2. The lowest BCUT2D eigenvalue weighted by atomic mass is 9.87. The van der Waals surface area contributed by atoms with E-state index in [0.29, 0.717) is 36.9 Å². The fraction of sp³-hybridized carbons (Fsp3) is 0.647. The number of carbonyl (C=O) groups is 1. The first kappa shape index (κ1) is 16.7. The highest BCUT2D eigenvalue weighted by Crippen LogP contribution is 2.29. The van der Waals surface area contributed by atoms with Crippen LogP contribution in [-0.4, -0.2) is 35.3 Å². The zero-order valence-electron chi connectivity index (χ0n) is 13.6. The van der Waals surface area contributed by atoms with Gasteiger partial charge in [0.1, 0.15) is 0 Å². The van der Waals surface area contributed by atoms with E-state index in [1.807, 2.05) is 13.8 Å². The number of pyridine rings is 1. The van der Waals surface area contributed by atoms with Gasteiger partial charge in [-0.2, -0.15) is 0 Å². The summed E-state index contributed by atoms with van der Waals surface area (Å²) >= 11 is 0. The smallest absolute Gasteiger partial charge is 0.252 e. The van der Waals surface area contributed by atoms with Crippen molar-refractivity contribution in [3.05, 3.63) is 23.9 Å². The Morgan fingerprint density at radius 3 is 2.77 bits per heavy atom. The number of ether oxygens (including phenoxy) is 1. The Morgan fingerprint density at radius 2 is 2.23 bits per heavy atom. The molecule has 1 aliphatic carbocycles. The topological polar surface area (TPSA) is 71.5 Å². The summed E-state index contributed by atoms with van der Waals surface area (Å²) in [5.41, 5.74) is 0.372. The lowest BCUT2D eigenvalue weighted by Crippen LogP contribution is -2.35. The number of carbonyl (C=O) groups excluding carboxylic acids is 1. The molecule has 1 fully saturated rings. The maximum absolute atomic E-state index is 12.1. The second-order valence-corrected chi connectivity index (χ2v) is 7.04. The molecular formula is C17H26N2O3. The minimum absolute atomic E-state index is 0.148. The van der Waals surface area contributed by atoms with Crippen LogP contribution in [0.5, 0.6) is 5.88 Å². The molecule has 1 aromatic rings. The number of rotatable bonds is 8. The number of nitrogens with zero attached hydrogens (tertiary/aromatic N) is 1. The van der Waals surface area contributed by atoms with E-state index in [0.717, 1.165) is 0 Å². The maximum atomic E-state index is 12.1. The molecule has 1 unspecified atom stereocenters. The molecule has 1 saturated carbocycles. The summed E-state index contributed by atoms with van der Waals surface area (Å²) < 4.78 is 5.55. The number of amides is 1. The van der Waals surface area contributed by atoms with E-state index in [4.69, 9.17) is 4.74 Å². The van der Waals surface area contributed by atoms with Crippen LogP contribution in [0.2, 0.25) is 0 Å². The molecule has 1 aromatic heterocycles. The summed E-state index contributed by atoms with van der Waals surface area (Å²) in [6.45, 7) is 7.02. The van der Waals surface area contributed by atoms with Gasteiger partial charge < -0.3 is 15.2 Å². The second-order valence-electron chi connectivity index (χ2n) is 7.04. The molecule has 0 aliphatic heterocycles. The van der Waals surface area contributed by atoms with Gasteiger partial charge in [-0.15, -0.1) is 0 Å². The van der Waals surface area contributed by atoms with E-state index in [9.17, 15) is 9.90 Å². The van der Waals surface area contributed by atoms with Crippen molar-refractivity contribution >= 4 is 5.91 Å². The van der Waals surface area contributed by atoms with Crippen molar-refractivity contribution in [3.63, 3.8) is 0 Å². The molecule has 1 atom stereocenters. The Kier molecular flexibility index (Phi) is 5.40. The van der Waals surface area contributed by atoms with E-state index >= 15 is 0 Å². The molecule has 0 radical (unpaired) electrons. The van der Waals surface area contributed by atoms with Crippen molar-refractivity contribution in [1.29, 1.82) is 0 Å². The highest BCUT2D eigenvalue weighted by atomic mass is 16.5. The van der Waals surface area contributed by atoms with Gasteiger partial charge >= 0.3 is 0 Å². The molecule has 122 valence electrons. The predicted molar refractivity (Wildman–Crippen MR) is 84.9 cm³/mol. The van der Waals surface area contributed by atoms with Crippen LogP contribution in [0.1, 0.15) is 50.4 Å². The first-order chi connectivity index (χ1) is 10.4. The quantitative estimate of drug-likeness (QED) is 0.773. The minimum Gasteiger partial charge on any atom is -0.477 e. The van der Waals surface area contributed by atoms with Gasteiger partial charge in [0.2, 0.25) is 5.88 Å². The molecule has 1 aliphatic rings. The Hall–Kier alpha value is -1.62. The van der Waals surface area contributed by atoms with E-state index < -0.39 is 0 Å². The third kappa shape index (κ3) is 5.64. The number of aliphatic hydroxyl groups excluding tert-OH is 1. The van der Waals surface area contributed by atoms with Crippen LogP contribution >= 0.6 is 0 Å². The normalized spacial score (nSPS) is 16.2. The molecule has 2 N–H and O–H groups in total. The zero-order valence-corrected chi connectivity index (χ0v) is 13.6. The number of nitrogens with one attached hydrogen (secondary N) is 1. The summed E-state index contributed by atoms with van der Waals surface area (Å²) in [6, 6.07) is 3.46. The highest BCUT2D eigenvalue weighted by molar-refractivity contribution is 5.93. The molecule has 2 rings (SSSR count). The van der Waals surface area contributed by atoms with Crippen molar-refractivity contribution in [2.24, 2.45) is 11.3 Å². The van der Waals surface area contributed by atoms with Crippen LogP contribution in [0, 0.1) is 11.3 Å². The van der Waals surface area contributed by atoms with Gasteiger partial charge in [-0.3, -0.25) is 4.79 Å². The molecule has 5 heteroatoms. The molecule has 0 saturated heterocycles. The van der Waals surface area contributed by atoms with E-state index in [1.54, 1.807) is 25.3 Å². The Labute approximate surface area is 132 Å². The Balaban J connectivity index is 1.81. The Morgan fingerprint density at radius 1 is 1.50 bits per heavy atom. The van der Waals surface area contributed by atoms with Crippen molar-refractivity contribution in [3.8, 4) is 5.88 Å². The summed E-state index contributed by atoms with van der Waals surface area (Å²) in [6.07, 6.45) is 4.28. The van der Waals surface area contributed by atoms with Gasteiger partial charge in [0, 0.05) is 18.8 Å². The van der Waals surface area contributed by atoms with Crippen molar-refractivity contribution < 1.29 is 14.6 Å². The highest BCUT2D eigenvalue weighted by Gasteiger charge is 2.23. The summed E-state index contributed by atoms with van der Waals surface area (Å²) in [5, 5.41) is 12.4. The van der Waals surface area contributed by atoms with Gasteiger partial charge in [0.15, 0.2) is 0 Å². The number of aromatic nitrogens is 1. The maximum Gasteiger partial charge on any atom is 0.252 e. The van der Waals surface area contributed by atoms with E-state index in [-0.39, 0.29) is 17.4 Å². The van der Waals surface area contributed by atoms with Gasteiger partial charge in [-0.05, 0) is 43.6 Å². The molecule has 1 amide bonds. The van der Waals surface area contributed by atoms with E-state index in [2.05, 4.69) is 10.3 Å². The van der Waals surface area contributed by atoms with Crippen LogP contribution in [0.4, 0.5) is 0 Å². The Bertz CT molecular complexity index is 493. The van der Waals surface area contributed by atoms with Crippen LogP contribution < -0.4 is 10.1 Å². The van der Waals surface area contributed by atoms with Crippen LogP contribution in [-0.2, 0) is 0 Å². The summed E-state index contributed by atoms with van der Waals surface area (Å²) in [7, 11) is 0. The second kappa shape index (κ2) is 7.09. The first-order valence-electron chi connectivity index (χ1n) is 7.91. The standard InChI is InChI=1S/C17H26N2O3/c1-12(20)8-17(2,3)11-19-16(21)14-6-7-15(18-9-14)22-10-13-4-5-13/h6-7,9,12-13,20H,4-5,8,10-11H2,1-3H3,(H,19,21). The molecule has 0 bridgehead atoms. The number of aliphatic hydroxyl groups is 1. The van der Waals surface area contributed by atoms with Gasteiger partial charge in [-0.25, -0.2) is 4.98 Å². The van der Waals surface area contributed by atoms with Crippen LogP contribution in [0.3, 0.4) is 0 Å². The SMILES string of the molecule is CC(O)CC(C)(C)CNC(=O)c1ccc(OCC2CC2)nc1. The summed E-state index contributed by atoms with van der Waals surface area (Å²) in [5.74, 6) is 1.10. The molecule has 0 spiro atoms. The van der Waals surface area contributed by atoms with E-state index in [1.165, 1.54) is 12.8 Å². The predicted octanol–water partition coefficient (Wildman–Crippen LogP) is 2.40. The average Bonchev–Trinajstić information content (AvgIpc) is 3.26. The fourth-order valence-electron chi connectivity index (χ4n) is 2.38. The van der Waals surface area contributed by atoms with Crippen LogP contribution in [0.25, 0.3) is 0 Å². The van der Waals surface area contributed by atoms with Gasteiger partial charge in [0.25, 0.3) is 5.91 Å². The number of hydrogen-bond acceptors (Lipinski definition) is 4. The lowest BCUT2D eigenvalue weighted by Gasteiger charge is -2.26. The molecule has 0 aromatic carbocycles. The molecular weight excluding hydrogens is 280 g/mol. The molecule has 5 nitrogen and oxygen atoms in total. The first-order valence-corrected chi connectivity index (χ1v) is 7.91. The summed E-state index contributed by atoms with van der Waals surface area (Å²) in [4.78, 5) is 16.3. The molecule has 22 heavy (non-hydrogen) atoms. The van der Waals surface area contributed by atoms with Crippen molar-refractivity contribution in [2.75, 3.05) is 13.2 Å². The minimum atomic E-state index is -0.378. The fourth-order valence-corrected chi connectivity index (χ4v) is 2.38. The number of hydrogen-bond donors (Lipinski definition) is 2. The van der Waals surface area contributed by atoms with Gasteiger partial charge in [-0.1, -0.05) is 13.8 Å². The van der Waals surface area contributed by atoms with Gasteiger partial charge in [0.05, 0.1) is 18.3 Å². The third-order valence-electron chi connectivity index (χ3n) is 3.74. The van der Waals surface area contributed by atoms with Crippen molar-refractivity contribution in [1.82, 2.24) is 10.3 Å². The van der Waals surface area contributed by atoms with Crippen LogP contribution in [0.15, 0.2) is 18.3 Å².